The van der Waals surface area contributed by atoms with Crippen molar-refractivity contribution < 1.29 is 0 Å². The molecule has 0 bridgehead atoms. The predicted molar refractivity (Wildman–Crippen MR) is 136 cm³/mol. The molecule has 0 unspecified atom stereocenters. The van der Waals surface area contributed by atoms with Crippen LogP contribution in [-0.2, 0) is 12.8 Å². The number of nitrogens with zero attached hydrogens (tertiary/aromatic N) is 2. The van der Waals surface area contributed by atoms with Gasteiger partial charge in [0.15, 0.2) is 0 Å². The van der Waals surface area contributed by atoms with Crippen LogP contribution in [0, 0.1) is 0 Å². The van der Waals surface area contributed by atoms with E-state index in [1.54, 1.807) is 18.5 Å². The van der Waals surface area contributed by atoms with E-state index in [-0.39, 0.29) is 0 Å². The van der Waals surface area contributed by atoms with Crippen LogP contribution in [0.2, 0.25) is 10.0 Å². The molecule has 0 aliphatic carbocycles. The molecule has 0 saturated heterocycles. The highest BCUT2D eigenvalue weighted by atomic mass is 35.5. The summed E-state index contributed by atoms with van der Waals surface area (Å²) in [4.78, 5) is 9.10. The first kappa shape index (κ1) is 22.3. The Bertz CT molecular complexity index is 1170. The SMILES string of the molecule is CCCc1ccc(CCNc2ccc(-c3nccnc3-c3ccc(Cl)cc3Cl)cc2)cc1. The summed E-state index contributed by atoms with van der Waals surface area (Å²) in [6.45, 7) is 3.09. The lowest BCUT2D eigenvalue weighted by Gasteiger charge is -2.11. The first-order chi connectivity index (χ1) is 15.6. The summed E-state index contributed by atoms with van der Waals surface area (Å²) in [6.07, 6.45) is 6.68. The van der Waals surface area contributed by atoms with Gasteiger partial charge in [-0.05, 0) is 54.3 Å². The second-order valence-electron chi connectivity index (χ2n) is 7.70. The van der Waals surface area contributed by atoms with Gasteiger partial charge in [0.2, 0.25) is 0 Å². The summed E-state index contributed by atoms with van der Waals surface area (Å²) in [5.41, 5.74) is 7.15. The Kier molecular flexibility index (Phi) is 7.41. The van der Waals surface area contributed by atoms with E-state index in [2.05, 4.69) is 70.7 Å². The Morgan fingerprint density at radius 1 is 0.750 bits per heavy atom. The predicted octanol–water partition coefficient (Wildman–Crippen LogP) is 7.72. The molecule has 0 saturated carbocycles. The van der Waals surface area contributed by atoms with Crippen molar-refractivity contribution in [3.05, 3.63) is 100 Å². The lowest BCUT2D eigenvalue weighted by atomic mass is 10.0. The van der Waals surface area contributed by atoms with Gasteiger partial charge >= 0.3 is 0 Å². The van der Waals surface area contributed by atoms with Crippen LogP contribution < -0.4 is 5.32 Å². The van der Waals surface area contributed by atoms with Crippen LogP contribution in [0.1, 0.15) is 24.5 Å². The molecular formula is C27H25Cl2N3. The van der Waals surface area contributed by atoms with E-state index < -0.39 is 0 Å². The summed E-state index contributed by atoms with van der Waals surface area (Å²) in [5.74, 6) is 0. The molecule has 3 nitrogen and oxygen atoms in total. The number of hydrogen-bond donors (Lipinski definition) is 1. The topological polar surface area (TPSA) is 37.8 Å². The molecular weight excluding hydrogens is 437 g/mol. The fourth-order valence-electron chi connectivity index (χ4n) is 3.69. The van der Waals surface area contributed by atoms with E-state index in [0.717, 1.165) is 47.6 Å². The van der Waals surface area contributed by atoms with Gasteiger partial charge in [-0.15, -0.1) is 0 Å². The smallest absolute Gasteiger partial charge is 0.0980 e. The van der Waals surface area contributed by atoms with Crippen LogP contribution in [-0.4, -0.2) is 16.5 Å². The van der Waals surface area contributed by atoms with E-state index >= 15 is 0 Å². The third-order valence-corrected chi connectivity index (χ3v) is 5.90. The summed E-state index contributed by atoms with van der Waals surface area (Å²) in [6, 6.07) is 22.6. The van der Waals surface area contributed by atoms with Gasteiger partial charge in [-0.3, -0.25) is 9.97 Å². The average molecular weight is 462 g/mol. The molecule has 0 aliphatic heterocycles. The lowest BCUT2D eigenvalue weighted by Crippen LogP contribution is -2.04. The largest absolute Gasteiger partial charge is 0.385 e. The molecule has 0 amide bonds. The number of rotatable bonds is 8. The fourth-order valence-corrected chi connectivity index (χ4v) is 4.18. The van der Waals surface area contributed by atoms with Crippen LogP contribution in [0.4, 0.5) is 5.69 Å². The quantitative estimate of drug-likeness (QED) is 0.291. The maximum Gasteiger partial charge on any atom is 0.0980 e. The van der Waals surface area contributed by atoms with Gasteiger partial charge in [0.05, 0.1) is 16.4 Å². The number of halogens is 2. The first-order valence-corrected chi connectivity index (χ1v) is 11.6. The normalized spacial score (nSPS) is 10.8. The summed E-state index contributed by atoms with van der Waals surface area (Å²) < 4.78 is 0. The second kappa shape index (κ2) is 10.6. The molecule has 1 heterocycles. The Balaban J connectivity index is 1.44. The first-order valence-electron chi connectivity index (χ1n) is 10.8. The molecule has 0 atom stereocenters. The standard InChI is InChI=1S/C27H25Cl2N3/c1-2-3-19-4-6-20(7-5-19)14-15-30-23-11-8-21(9-12-23)26-27(32-17-16-31-26)24-13-10-22(28)18-25(24)29/h4-13,16-18,30H,2-3,14-15H2,1H3. The van der Waals surface area contributed by atoms with Crippen molar-refractivity contribution in [2.75, 3.05) is 11.9 Å². The zero-order valence-electron chi connectivity index (χ0n) is 18.0. The monoisotopic (exact) mass is 461 g/mol. The van der Waals surface area contributed by atoms with Gasteiger partial charge < -0.3 is 5.32 Å². The molecule has 3 aromatic carbocycles. The number of aryl methyl sites for hydroxylation is 1. The summed E-state index contributed by atoms with van der Waals surface area (Å²) >= 11 is 12.5. The van der Waals surface area contributed by atoms with E-state index in [9.17, 15) is 0 Å². The van der Waals surface area contributed by atoms with Crippen molar-refractivity contribution >= 4 is 28.9 Å². The zero-order valence-corrected chi connectivity index (χ0v) is 19.5. The average Bonchev–Trinajstić information content (AvgIpc) is 2.81. The molecule has 1 N–H and O–H groups in total. The Morgan fingerprint density at radius 3 is 2.06 bits per heavy atom. The van der Waals surface area contributed by atoms with Gasteiger partial charge in [0.1, 0.15) is 0 Å². The number of nitrogens with one attached hydrogen (secondary N) is 1. The Labute approximate surface area is 199 Å². The number of hydrogen-bond acceptors (Lipinski definition) is 3. The fraction of sp³-hybridized carbons (Fsp3) is 0.185. The molecule has 0 aliphatic rings. The van der Waals surface area contributed by atoms with Crippen molar-refractivity contribution in [2.45, 2.75) is 26.2 Å². The summed E-state index contributed by atoms with van der Waals surface area (Å²) in [5, 5.41) is 4.65. The Hall–Kier alpha value is -2.88. The van der Waals surface area contributed by atoms with Crippen molar-refractivity contribution in [3.8, 4) is 22.5 Å². The van der Waals surface area contributed by atoms with Crippen molar-refractivity contribution in [1.82, 2.24) is 9.97 Å². The van der Waals surface area contributed by atoms with Gasteiger partial charge in [-0.25, -0.2) is 0 Å². The highest BCUT2D eigenvalue weighted by molar-refractivity contribution is 6.36. The van der Waals surface area contributed by atoms with Crippen LogP contribution in [0.5, 0.6) is 0 Å². The van der Waals surface area contributed by atoms with E-state index in [1.807, 2.05) is 12.1 Å². The van der Waals surface area contributed by atoms with Gasteiger partial charge in [-0.1, -0.05) is 72.9 Å². The van der Waals surface area contributed by atoms with E-state index in [4.69, 9.17) is 23.2 Å². The van der Waals surface area contributed by atoms with Crippen molar-refractivity contribution in [1.29, 1.82) is 0 Å². The highest BCUT2D eigenvalue weighted by Gasteiger charge is 2.13. The second-order valence-corrected chi connectivity index (χ2v) is 8.54. The third-order valence-electron chi connectivity index (χ3n) is 5.35. The number of anilines is 1. The Morgan fingerprint density at radius 2 is 1.41 bits per heavy atom. The van der Waals surface area contributed by atoms with Gasteiger partial charge in [-0.2, -0.15) is 0 Å². The molecule has 0 spiro atoms. The molecule has 162 valence electrons. The third kappa shape index (κ3) is 5.48. The van der Waals surface area contributed by atoms with Crippen LogP contribution >= 0.6 is 23.2 Å². The van der Waals surface area contributed by atoms with E-state index in [0.29, 0.717) is 10.0 Å². The molecule has 32 heavy (non-hydrogen) atoms. The molecule has 4 aromatic rings. The molecule has 1 aromatic heterocycles. The summed E-state index contributed by atoms with van der Waals surface area (Å²) in [7, 11) is 0. The minimum absolute atomic E-state index is 0.556. The number of benzene rings is 3. The minimum Gasteiger partial charge on any atom is -0.385 e. The van der Waals surface area contributed by atoms with Crippen molar-refractivity contribution in [2.24, 2.45) is 0 Å². The van der Waals surface area contributed by atoms with Crippen LogP contribution in [0.3, 0.4) is 0 Å². The van der Waals surface area contributed by atoms with Gasteiger partial charge in [0, 0.05) is 40.8 Å². The maximum atomic E-state index is 6.42. The minimum atomic E-state index is 0.556. The molecule has 0 fully saturated rings. The molecule has 0 radical (unpaired) electrons. The number of aromatic nitrogens is 2. The molecule has 5 heteroatoms. The lowest BCUT2D eigenvalue weighted by molar-refractivity contribution is 0.918. The molecule has 4 rings (SSSR count). The van der Waals surface area contributed by atoms with Crippen molar-refractivity contribution in [3.63, 3.8) is 0 Å². The van der Waals surface area contributed by atoms with Crippen LogP contribution in [0.15, 0.2) is 79.1 Å². The zero-order chi connectivity index (χ0) is 22.3. The van der Waals surface area contributed by atoms with Gasteiger partial charge in [0.25, 0.3) is 0 Å². The van der Waals surface area contributed by atoms with E-state index in [1.165, 1.54) is 17.5 Å². The maximum absolute atomic E-state index is 6.42. The van der Waals surface area contributed by atoms with Crippen LogP contribution in [0.25, 0.3) is 22.5 Å². The highest BCUT2D eigenvalue weighted by Crippen LogP contribution is 2.34.